The molecule has 3 heterocycles. The summed E-state index contributed by atoms with van der Waals surface area (Å²) in [6.07, 6.45) is 8.84. The van der Waals surface area contributed by atoms with Gasteiger partial charge in [-0.05, 0) is 56.4 Å². The number of nitrogens with one attached hydrogen (secondary N) is 1. The summed E-state index contributed by atoms with van der Waals surface area (Å²) < 4.78 is 12.4. The van der Waals surface area contributed by atoms with Crippen molar-refractivity contribution < 1.29 is 19.1 Å². The topological polar surface area (TPSA) is 84.6 Å². The van der Waals surface area contributed by atoms with Gasteiger partial charge in [0.15, 0.2) is 5.76 Å². The van der Waals surface area contributed by atoms with Gasteiger partial charge in [0.1, 0.15) is 16.9 Å². The standard InChI is InChI=1S/C24H26N2O4/c1-15-20-18(29-22(15)23(28)26-14-16-6-5-11-25-13-16)7-8-19-21(20)17(27)12-24(30-19)9-3-2-4-10-24/h5-8,11,13,17,27H,2-4,9-10,12,14H2,1H3,(H,26,28)/t17-/m1/s1. The Bertz CT molecular complexity index is 1080. The van der Waals surface area contributed by atoms with Crippen LogP contribution in [0.1, 0.15) is 71.9 Å². The number of hydrogen-bond acceptors (Lipinski definition) is 5. The highest BCUT2D eigenvalue weighted by Crippen LogP contribution is 2.49. The molecule has 1 fully saturated rings. The van der Waals surface area contributed by atoms with Crippen LogP contribution in [-0.2, 0) is 6.54 Å². The number of pyridine rings is 1. The van der Waals surface area contributed by atoms with Gasteiger partial charge in [0.25, 0.3) is 5.91 Å². The zero-order chi connectivity index (χ0) is 20.7. The lowest BCUT2D eigenvalue weighted by atomic mass is 9.77. The molecule has 6 heteroatoms. The van der Waals surface area contributed by atoms with Crippen LogP contribution in [0.4, 0.5) is 0 Å². The van der Waals surface area contributed by atoms with E-state index in [-0.39, 0.29) is 17.3 Å². The number of aliphatic hydroxyl groups is 1. The average Bonchev–Trinajstić information content (AvgIpc) is 3.10. The Hall–Kier alpha value is -2.86. The lowest BCUT2D eigenvalue weighted by Gasteiger charge is -2.43. The second-order valence-electron chi connectivity index (χ2n) is 8.52. The van der Waals surface area contributed by atoms with Crippen molar-refractivity contribution in [2.24, 2.45) is 0 Å². The molecule has 1 aliphatic heterocycles. The largest absolute Gasteiger partial charge is 0.487 e. The molecule has 1 spiro atoms. The van der Waals surface area contributed by atoms with E-state index in [4.69, 9.17) is 9.15 Å². The van der Waals surface area contributed by atoms with E-state index in [1.54, 1.807) is 12.4 Å². The Labute approximate surface area is 175 Å². The molecule has 2 aromatic heterocycles. The van der Waals surface area contributed by atoms with E-state index in [0.717, 1.165) is 53.5 Å². The number of hydrogen-bond donors (Lipinski definition) is 2. The first-order valence-corrected chi connectivity index (χ1v) is 10.7. The molecule has 30 heavy (non-hydrogen) atoms. The summed E-state index contributed by atoms with van der Waals surface area (Å²) in [4.78, 5) is 16.8. The van der Waals surface area contributed by atoms with E-state index >= 15 is 0 Å². The molecule has 6 nitrogen and oxygen atoms in total. The number of carbonyl (C=O) groups excluding carboxylic acids is 1. The van der Waals surface area contributed by atoms with E-state index in [2.05, 4.69) is 10.3 Å². The highest BCUT2D eigenvalue weighted by atomic mass is 16.5. The fourth-order valence-corrected chi connectivity index (χ4v) is 4.99. The van der Waals surface area contributed by atoms with Gasteiger partial charge in [-0.3, -0.25) is 9.78 Å². The first kappa shape index (κ1) is 19.1. The number of aliphatic hydroxyl groups excluding tert-OH is 1. The maximum absolute atomic E-state index is 12.8. The number of benzene rings is 1. The molecule has 0 unspecified atom stereocenters. The van der Waals surface area contributed by atoms with E-state index in [9.17, 15) is 9.90 Å². The normalized spacial score (nSPS) is 20.0. The van der Waals surface area contributed by atoms with E-state index < -0.39 is 6.10 Å². The van der Waals surface area contributed by atoms with Crippen LogP contribution < -0.4 is 10.1 Å². The number of rotatable bonds is 3. The highest BCUT2D eigenvalue weighted by Gasteiger charge is 2.42. The zero-order valence-corrected chi connectivity index (χ0v) is 17.1. The summed E-state index contributed by atoms with van der Waals surface area (Å²) >= 11 is 0. The van der Waals surface area contributed by atoms with E-state index in [1.807, 2.05) is 31.2 Å². The maximum atomic E-state index is 12.8. The summed E-state index contributed by atoms with van der Waals surface area (Å²) in [5.74, 6) is 0.707. The second-order valence-corrected chi connectivity index (χ2v) is 8.52. The second kappa shape index (κ2) is 7.43. The number of aryl methyl sites for hydroxylation is 1. The summed E-state index contributed by atoms with van der Waals surface area (Å²) in [5.41, 5.74) is 2.72. The molecule has 1 aliphatic carbocycles. The lowest BCUT2D eigenvalue weighted by molar-refractivity contribution is -0.0373. The molecule has 1 saturated carbocycles. The third kappa shape index (κ3) is 3.25. The van der Waals surface area contributed by atoms with Gasteiger partial charge in [0, 0.05) is 41.9 Å². The van der Waals surface area contributed by atoms with Crippen LogP contribution in [0.15, 0.2) is 41.1 Å². The first-order chi connectivity index (χ1) is 14.6. The SMILES string of the molecule is Cc1c(C(=O)NCc2cccnc2)oc2ccc3c(c12)[C@H](O)CC1(CCCCC1)O3. The monoisotopic (exact) mass is 406 g/mol. The minimum Gasteiger partial charge on any atom is -0.487 e. The fourth-order valence-electron chi connectivity index (χ4n) is 4.99. The maximum Gasteiger partial charge on any atom is 0.287 e. The number of amides is 1. The van der Waals surface area contributed by atoms with Crippen LogP contribution in [0.25, 0.3) is 11.0 Å². The summed E-state index contributed by atoms with van der Waals surface area (Å²) in [6.45, 7) is 2.23. The van der Waals surface area contributed by atoms with Crippen LogP contribution in [0.3, 0.4) is 0 Å². The smallest absolute Gasteiger partial charge is 0.287 e. The molecule has 0 radical (unpaired) electrons. The Kier molecular flexibility index (Phi) is 4.74. The number of carbonyl (C=O) groups is 1. The molecule has 2 N–H and O–H groups in total. The molecule has 5 rings (SSSR count). The predicted molar refractivity (Wildman–Crippen MR) is 112 cm³/mol. The Morgan fingerprint density at radius 2 is 2.10 bits per heavy atom. The zero-order valence-electron chi connectivity index (χ0n) is 17.1. The summed E-state index contributed by atoms with van der Waals surface area (Å²) in [6, 6.07) is 7.45. The molecule has 1 aromatic carbocycles. The number of nitrogens with zero attached hydrogens (tertiary/aromatic N) is 1. The van der Waals surface area contributed by atoms with E-state index in [1.165, 1.54) is 6.42 Å². The van der Waals surface area contributed by atoms with Crippen LogP contribution in [-0.4, -0.2) is 21.6 Å². The van der Waals surface area contributed by atoms with Crippen molar-refractivity contribution in [3.8, 4) is 5.75 Å². The summed E-state index contributed by atoms with van der Waals surface area (Å²) in [5, 5.41) is 14.7. The van der Waals surface area contributed by atoms with Gasteiger partial charge in [-0.1, -0.05) is 12.5 Å². The molecule has 0 saturated heterocycles. The van der Waals surface area contributed by atoms with Crippen molar-refractivity contribution in [3.63, 3.8) is 0 Å². The van der Waals surface area contributed by atoms with Gasteiger partial charge in [0.2, 0.25) is 0 Å². The van der Waals surface area contributed by atoms with Crippen LogP contribution in [0.2, 0.25) is 0 Å². The molecule has 156 valence electrons. The van der Waals surface area contributed by atoms with Gasteiger partial charge in [-0.25, -0.2) is 0 Å². The predicted octanol–water partition coefficient (Wildman–Crippen LogP) is 4.59. The quantitative estimate of drug-likeness (QED) is 0.665. The van der Waals surface area contributed by atoms with Gasteiger partial charge >= 0.3 is 0 Å². The molecular weight excluding hydrogens is 380 g/mol. The molecule has 1 amide bonds. The third-order valence-electron chi connectivity index (χ3n) is 6.47. The average molecular weight is 406 g/mol. The van der Waals surface area contributed by atoms with Crippen molar-refractivity contribution in [3.05, 3.63) is 59.1 Å². The van der Waals surface area contributed by atoms with Crippen molar-refractivity contribution in [2.75, 3.05) is 0 Å². The minimum atomic E-state index is -0.627. The molecular formula is C24H26N2O4. The van der Waals surface area contributed by atoms with Gasteiger partial charge in [-0.2, -0.15) is 0 Å². The number of furan rings is 1. The van der Waals surface area contributed by atoms with Gasteiger partial charge in [-0.15, -0.1) is 0 Å². The lowest BCUT2D eigenvalue weighted by Crippen LogP contribution is -2.42. The van der Waals surface area contributed by atoms with Gasteiger partial charge in [0.05, 0.1) is 6.10 Å². The molecule has 0 bridgehead atoms. The van der Waals surface area contributed by atoms with E-state index in [0.29, 0.717) is 18.5 Å². The Morgan fingerprint density at radius 1 is 1.27 bits per heavy atom. The van der Waals surface area contributed by atoms with Crippen molar-refractivity contribution in [1.82, 2.24) is 10.3 Å². The first-order valence-electron chi connectivity index (χ1n) is 10.7. The Morgan fingerprint density at radius 3 is 2.87 bits per heavy atom. The van der Waals surface area contributed by atoms with Crippen LogP contribution in [0.5, 0.6) is 5.75 Å². The number of fused-ring (bicyclic) bond motifs is 3. The van der Waals surface area contributed by atoms with Crippen LogP contribution >= 0.6 is 0 Å². The van der Waals surface area contributed by atoms with Crippen molar-refractivity contribution in [1.29, 1.82) is 0 Å². The summed E-state index contributed by atoms with van der Waals surface area (Å²) in [7, 11) is 0. The fraction of sp³-hybridized carbons (Fsp3) is 0.417. The van der Waals surface area contributed by atoms with Crippen molar-refractivity contribution >= 4 is 16.9 Å². The molecule has 1 atom stereocenters. The van der Waals surface area contributed by atoms with Crippen molar-refractivity contribution in [2.45, 2.75) is 63.7 Å². The minimum absolute atomic E-state index is 0.264. The highest BCUT2D eigenvalue weighted by molar-refractivity contribution is 6.00. The van der Waals surface area contributed by atoms with Gasteiger partial charge < -0.3 is 19.6 Å². The Balaban J connectivity index is 1.46. The third-order valence-corrected chi connectivity index (χ3v) is 6.47. The molecule has 3 aromatic rings. The number of ether oxygens (including phenoxy) is 1. The number of aromatic nitrogens is 1. The van der Waals surface area contributed by atoms with Crippen LogP contribution in [0, 0.1) is 6.92 Å². The molecule has 2 aliphatic rings.